The average Bonchev–Trinajstić information content (AvgIpc) is 2.61. The molecule has 0 amide bonds. The van der Waals surface area contributed by atoms with Crippen LogP contribution in [0.15, 0.2) is 12.4 Å². The van der Waals surface area contributed by atoms with Crippen LogP contribution in [-0.2, 0) is 0 Å². The Morgan fingerprint density at radius 3 is 2.44 bits per heavy atom. The van der Waals surface area contributed by atoms with Crippen molar-refractivity contribution in [1.82, 2.24) is 24.9 Å². The van der Waals surface area contributed by atoms with Gasteiger partial charge in [0.2, 0.25) is 23.1 Å². The molecule has 0 aromatic carbocycles. The summed E-state index contributed by atoms with van der Waals surface area (Å²) in [6.45, 7) is 0. The van der Waals surface area contributed by atoms with E-state index >= 15 is 0 Å². The summed E-state index contributed by atoms with van der Waals surface area (Å²) in [4.78, 5) is 20.4. The molecule has 1 saturated carbocycles. The minimum atomic E-state index is -0.421. The number of aromatic nitrogens is 5. The molecule has 8 nitrogen and oxygen atoms in total. The van der Waals surface area contributed by atoms with Crippen molar-refractivity contribution in [3.05, 3.63) is 23.2 Å². The quantitative estimate of drug-likeness (QED) is 0.714. The van der Waals surface area contributed by atoms with Crippen LogP contribution in [0.3, 0.4) is 0 Å². The maximum Gasteiger partial charge on any atom is 0.230 e. The Morgan fingerprint density at radius 2 is 1.76 bits per heavy atom. The van der Waals surface area contributed by atoms with Crippen molar-refractivity contribution in [3.63, 3.8) is 0 Å². The lowest BCUT2D eigenvalue weighted by Crippen LogP contribution is -2.39. The lowest BCUT2D eigenvalue weighted by atomic mass is 9.82. The standard InChI is InChI=1S/C16H19ClN8/c1-19-14-22-12(17)23-15(24-14)25-16(6-3-2-4-7-16)8-5-11-9-20-13(18)21-10-11/h9-10H,2-4,6-7H2,1H3,(H2,18,20,21)(H2,19,22,23,24,25). The van der Waals surface area contributed by atoms with Crippen LogP contribution < -0.4 is 16.4 Å². The van der Waals surface area contributed by atoms with Crippen LogP contribution in [0, 0.1) is 11.8 Å². The SMILES string of the molecule is CNc1nc(Cl)nc(NC2(C#Cc3cnc(N)nc3)CCCCC2)n1. The summed E-state index contributed by atoms with van der Waals surface area (Å²) < 4.78 is 0. The number of nitrogens with one attached hydrogen (secondary N) is 2. The fraction of sp³-hybridized carbons (Fsp3) is 0.438. The van der Waals surface area contributed by atoms with Crippen molar-refractivity contribution < 1.29 is 0 Å². The molecule has 0 spiro atoms. The molecule has 0 bridgehead atoms. The lowest BCUT2D eigenvalue weighted by Gasteiger charge is -2.33. The lowest BCUT2D eigenvalue weighted by molar-refractivity contribution is 0.394. The van der Waals surface area contributed by atoms with Gasteiger partial charge >= 0.3 is 0 Å². The number of anilines is 3. The van der Waals surface area contributed by atoms with Gasteiger partial charge in [0.25, 0.3) is 0 Å². The van der Waals surface area contributed by atoms with Crippen molar-refractivity contribution in [3.8, 4) is 11.8 Å². The van der Waals surface area contributed by atoms with Gasteiger partial charge in [-0.2, -0.15) is 15.0 Å². The molecule has 4 N–H and O–H groups in total. The van der Waals surface area contributed by atoms with Gasteiger partial charge < -0.3 is 16.4 Å². The van der Waals surface area contributed by atoms with Gasteiger partial charge in [0, 0.05) is 19.4 Å². The molecule has 0 aliphatic heterocycles. The molecule has 1 aliphatic rings. The summed E-state index contributed by atoms with van der Waals surface area (Å²) >= 11 is 5.97. The van der Waals surface area contributed by atoms with Crippen LogP contribution in [0.5, 0.6) is 0 Å². The molecule has 25 heavy (non-hydrogen) atoms. The van der Waals surface area contributed by atoms with E-state index in [0.717, 1.165) is 25.7 Å². The van der Waals surface area contributed by atoms with Crippen molar-refractivity contribution >= 4 is 29.4 Å². The molecule has 0 radical (unpaired) electrons. The fourth-order valence-corrected chi connectivity index (χ4v) is 2.92. The van der Waals surface area contributed by atoms with E-state index in [9.17, 15) is 0 Å². The average molecular weight is 359 g/mol. The smallest absolute Gasteiger partial charge is 0.230 e. The van der Waals surface area contributed by atoms with Gasteiger partial charge in [-0.25, -0.2) is 9.97 Å². The second kappa shape index (κ2) is 7.49. The van der Waals surface area contributed by atoms with Crippen LogP contribution in [0.2, 0.25) is 5.28 Å². The van der Waals surface area contributed by atoms with Crippen LogP contribution in [0.25, 0.3) is 0 Å². The van der Waals surface area contributed by atoms with E-state index in [4.69, 9.17) is 17.3 Å². The summed E-state index contributed by atoms with van der Waals surface area (Å²) in [6, 6.07) is 0. The fourth-order valence-electron chi connectivity index (χ4n) is 2.76. The number of nitrogens with two attached hydrogens (primary N) is 1. The monoisotopic (exact) mass is 358 g/mol. The zero-order chi connectivity index (χ0) is 17.7. The first-order chi connectivity index (χ1) is 12.1. The Labute approximate surface area is 151 Å². The van der Waals surface area contributed by atoms with Gasteiger partial charge in [-0.15, -0.1) is 0 Å². The predicted octanol–water partition coefficient (Wildman–Crippen LogP) is 2.11. The van der Waals surface area contributed by atoms with E-state index in [2.05, 4.69) is 47.4 Å². The Kier molecular flexibility index (Phi) is 5.14. The second-order valence-electron chi connectivity index (χ2n) is 5.85. The Balaban J connectivity index is 1.89. The Bertz CT molecular complexity index is 790. The summed E-state index contributed by atoms with van der Waals surface area (Å²) in [6.07, 6.45) is 8.38. The summed E-state index contributed by atoms with van der Waals surface area (Å²) in [7, 11) is 1.73. The highest BCUT2D eigenvalue weighted by Crippen LogP contribution is 2.31. The molecule has 1 fully saturated rings. The molecule has 3 rings (SSSR count). The normalized spacial score (nSPS) is 15.8. The second-order valence-corrected chi connectivity index (χ2v) is 6.19. The third-order valence-electron chi connectivity index (χ3n) is 4.01. The zero-order valence-corrected chi connectivity index (χ0v) is 14.6. The number of nitrogens with zero attached hydrogens (tertiary/aromatic N) is 5. The molecule has 2 aromatic rings. The van der Waals surface area contributed by atoms with Gasteiger partial charge in [-0.1, -0.05) is 31.1 Å². The first-order valence-electron chi connectivity index (χ1n) is 8.07. The Morgan fingerprint density at radius 1 is 1.08 bits per heavy atom. The summed E-state index contributed by atoms with van der Waals surface area (Å²) in [5.41, 5.74) is 5.80. The van der Waals surface area contributed by atoms with E-state index in [-0.39, 0.29) is 11.2 Å². The number of nitrogen functional groups attached to an aromatic ring is 1. The highest BCUT2D eigenvalue weighted by atomic mass is 35.5. The minimum Gasteiger partial charge on any atom is -0.368 e. The molecule has 130 valence electrons. The third-order valence-corrected chi connectivity index (χ3v) is 4.18. The van der Waals surface area contributed by atoms with E-state index in [1.807, 2.05) is 0 Å². The third kappa shape index (κ3) is 4.45. The van der Waals surface area contributed by atoms with Crippen molar-refractivity contribution in [2.24, 2.45) is 0 Å². The molecular formula is C16H19ClN8. The Hall–Kier alpha value is -2.66. The molecule has 2 heterocycles. The van der Waals surface area contributed by atoms with Crippen molar-refractivity contribution in [2.45, 2.75) is 37.6 Å². The maximum absolute atomic E-state index is 5.97. The molecule has 0 saturated heterocycles. The van der Waals surface area contributed by atoms with E-state index < -0.39 is 5.54 Å². The van der Waals surface area contributed by atoms with Crippen LogP contribution in [-0.4, -0.2) is 37.5 Å². The first-order valence-corrected chi connectivity index (χ1v) is 8.45. The van der Waals surface area contributed by atoms with E-state index in [1.54, 1.807) is 19.4 Å². The highest BCUT2D eigenvalue weighted by Gasteiger charge is 2.31. The number of hydrogen-bond acceptors (Lipinski definition) is 8. The largest absolute Gasteiger partial charge is 0.368 e. The van der Waals surface area contributed by atoms with Gasteiger partial charge in [0.15, 0.2) is 0 Å². The van der Waals surface area contributed by atoms with Gasteiger partial charge in [-0.05, 0) is 24.4 Å². The van der Waals surface area contributed by atoms with Crippen LogP contribution in [0.1, 0.15) is 37.7 Å². The molecule has 1 aliphatic carbocycles. The first kappa shape index (κ1) is 17.2. The molecular weight excluding hydrogens is 340 g/mol. The maximum atomic E-state index is 5.97. The number of rotatable bonds is 3. The van der Waals surface area contributed by atoms with Gasteiger partial charge in [-0.3, -0.25) is 0 Å². The van der Waals surface area contributed by atoms with Crippen LogP contribution >= 0.6 is 11.6 Å². The van der Waals surface area contributed by atoms with Gasteiger partial charge in [0.1, 0.15) is 5.54 Å². The summed E-state index contributed by atoms with van der Waals surface area (Å²) in [5.74, 6) is 7.52. The molecule has 9 heteroatoms. The van der Waals surface area contributed by atoms with E-state index in [1.165, 1.54) is 6.42 Å². The zero-order valence-electron chi connectivity index (χ0n) is 13.9. The van der Waals surface area contributed by atoms with E-state index in [0.29, 0.717) is 17.5 Å². The highest BCUT2D eigenvalue weighted by molar-refractivity contribution is 6.28. The topological polar surface area (TPSA) is 115 Å². The van der Waals surface area contributed by atoms with Crippen molar-refractivity contribution in [2.75, 3.05) is 23.4 Å². The molecule has 2 aromatic heterocycles. The molecule has 0 unspecified atom stereocenters. The number of hydrogen-bond donors (Lipinski definition) is 3. The van der Waals surface area contributed by atoms with Gasteiger partial charge in [0.05, 0.1) is 5.56 Å². The van der Waals surface area contributed by atoms with Crippen molar-refractivity contribution in [1.29, 1.82) is 0 Å². The minimum absolute atomic E-state index is 0.132. The van der Waals surface area contributed by atoms with Crippen LogP contribution in [0.4, 0.5) is 17.8 Å². The number of halogens is 1. The molecule has 0 atom stereocenters. The predicted molar refractivity (Wildman–Crippen MR) is 97.1 cm³/mol. The summed E-state index contributed by atoms with van der Waals surface area (Å²) in [5, 5.41) is 6.37.